The van der Waals surface area contributed by atoms with Gasteiger partial charge >= 0.3 is 0 Å². The molecule has 1 unspecified atom stereocenters. The Bertz CT molecular complexity index is 1080. The molecule has 1 atom stereocenters. The number of hydrogen-bond acceptors (Lipinski definition) is 8. The average Bonchev–Trinajstić information content (AvgIpc) is 3.20. The van der Waals surface area contributed by atoms with Gasteiger partial charge in [0.15, 0.2) is 5.82 Å². The number of anilines is 1. The number of H-pyrrole nitrogens is 1. The van der Waals surface area contributed by atoms with Gasteiger partial charge in [0.25, 0.3) is 0 Å². The molecule has 34 heavy (non-hydrogen) atoms. The van der Waals surface area contributed by atoms with Gasteiger partial charge in [-0.15, -0.1) is 0 Å². The van der Waals surface area contributed by atoms with Crippen LogP contribution in [-0.4, -0.2) is 77.9 Å². The number of aryl methyl sites for hydroxylation is 2. The van der Waals surface area contributed by atoms with Gasteiger partial charge in [-0.1, -0.05) is 12.1 Å². The lowest BCUT2D eigenvalue weighted by molar-refractivity contribution is 0.0853. The van der Waals surface area contributed by atoms with E-state index >= 15 is 0 Å². The minimum absolute atomic E-state index is 0.205. The number of nitrogens with zero attached hydrogens (tertiary/aromatic N) is 4. The van der Waals surface area contributed by atoms with Crippen molar-refractivity contribution in [1.29, 1.82) is 0 Å². The zero-order valence-corrected chi connectivity index (χ0v) is 20.3. The summed E-state index contributed by atoms with van der Waals surface area (Å²) in [6.45, 7) is 6.18. The van der Waals surface area contributed by atoms with Crippen LogP contribution in [0.4, 0.5) is 5.82 Å². The number of aliphatic hydroxyl groups is 1. The molecule has 0 radical (unpaired) electrons. The van der Waals surface area contributed by atoms with E-state index in [9.17, 15) is 5.11 Å². The minimum Gasteiger partial charge on any atom is -0.491 e. The first-order chi connectivity index (χ1) is 16.5. The zero-order valence-electron chi connectivity index (χ0n) is 20.3. The molecule has 0 bridgehead atoms. The molecule has 0 spiro atoms. The molecule has 0 amide bonds. The van der Waals surface area contributed by atoms with Crippen molar-refractivity contribution in [3.05, 3.63) is 41.7 Å². The molecule has 3 N–H and O–H groups in total. The van der Waals surface area contributed by atoms with Gasteiger partial charge in [0.05, 0.1) is 11.4 Å². The smallest absolute Gasteiger partial charge is 0.162 e. The summed E-state index contributed by atoms with van der Waals surface area (Å²) < 4.78 is 11.4. The van der Waals surface area contributed by atoms with Crippen molar-refractivity contribution in [1.82, 2.24) is 25.5 Å². The van der Waals surface area contributed by atoms with Crippen molar-refractivity contribution in [2.24, 2.45) is 0 Å². The maximum absolute atomic E-state index is 9.98. The highest BCUT2D eigenvalue weighted by Crippen LogP contribution is 2.31. The summed E-state index contributed by atoms with van der Waals surface area (Å²) in [7, 11) is 3.89. The summed E-state index contributed by atoms with van der Waals surface area (Å²) in [4.78, 5) is 12.1. The Kier molecular flexibility index (Phi) is 7.77. The average molecular weight is 467 g/mol. The maximum atomic E-state index is 9.98. The molecule has 2 aromatic heterocycles. The van der Waals surface area contributed by atoms with Crippen LogP contribution in [0.3, 0.4) is 0 Å². The fourth-order valence-corrected chi connectivity index (χ4v) is 4.27. The fourth-order valence-electron chi connectivity index (χ4n) is 4.27. The molecule has 3 heterocycles. The highest BCUT2D eigenvalue weighted by atomic mass is 16.5. The molecule has 0 saturated carbocycles. The number of rotatable bonds is 9. The first kappa shape index (κ1) is 24.1. The van der Waals surface area contributed by atoms with Crippen molar-refractivity contribution in [2.45, 2.75) is 38.8 Å². The molecule has 9 heteroatoms. The Morgan fingerprint density at radius 2 is 2.03 bits per heavy atom. The number of aliphatic hydroxyl groups excluding tert-OH is 1. The largest absolute Gasteiger partial charge is 0.491 e. The standard InChI is InChI=1S/C25H34N6O3/c1-16-24(17(2)30-29-16)22-13-23(31(4)19-8-10-33-11-9-19)28-25(27-22)18-6-5-7-21(12-18)34-15-20(32)14-26-3/h5-7,12-13,19-20,26,32H,8-11,14-15H2,1-4H3,(H,29,30). The van der Waals surface area contributed by atoms with Gasteiger partial charge in [0.1, 0.15) is 24.3 Å². The Labute approximate surface area is 200 Å². The fraction of sp³-hybridized carbons (Fsp3) is 0.480. The highest BCUT2D eigenvalue weighted by molar-refractivity contribution is 5.71. The normalized spacial score (nSPS) is 15.3. The van der Waals surface area contributed by atoms with Crippen LogP contribution in [0.2, 0.25) is 0 Å². The quantitative estimate of drug-likeness (QED) is 0.442. The molecule has 1 fully saturated rings. The van der Waals surface area contributed by atoms with Crippen LogP contribution in [0, 0.1) is 13.8 Å². The molecule has 4 rings (SSSR count). The second-order valence-corrected chi connectivity index (χ2v) is 8.75. The maximum Gasteiger partial charge on any atom is 0.162 e. The van der Waals surface area contributed by atoms with Crippen LogP contribution in [0.15, 0.2) is 30.3 Å². The van der Waals surface area contributed by atoms with Gasteiger partial charge < -0.3 is 24.8 Å². The number of aromatic amines is 1. The van der Waals surface area contributed by atoms with E-state index in [4.69, 9.17) is 19.4 Å². The molecular formula is C25H34N6O3. The predicted molar refractivity (Wildman–Crippen MR) is 132 cm³/mol. The first-order valence-corrected chi connectivity index (χ1v) is 11.7. The third-order valence-electron chi connectivity index (χ3n) is 6.17. The number of nitrogens with one attached hydrogen (secondary N) is 2. The molecule has 3 aromatic rings. The summed E-state index contributed by atoms with van der Waals surface area (Å²) in [5.74, 6) is 2.15. The first-order valence-electron chi connectivity index (χ1n) is 11.7. The lowest BCUT2D eigenvalue weighted by atomic mass is 10.1. The van der Waals surface area contributed by atoms with Gasteiger partial charge in [-0.25, -0.2) is 9.97 Å². The molecular weight excluding hydrogens is 432 g/mol. The summed E-state index contributed by atoms with van der Waals surface area (Å²) in [6, 6.07) is 10.1. The third kappa shape index (κ3) is 5.55. The second-order valence-electron chi connectivity index (χ2n) is 8.75. The van der Waals surface area contributed by atoms with Crippen LogP contribution in [0.5, 0.6) is 5.75 Å². The monoisotopic (exact) mass is 466 g/mol. The SMILES string of the molecule is CNCC(O)COc1cccc(-c2nc(-c3c(C)n[nH]c3C)cc(N(C)C3CCOCC3)n2)c1. The topological polar surface area (TPSA) is 108 Å². The molecule has 182 valence electrons. The van der Waals surface area contributed by atoms with Crippen LogP contribution >= 0.6 is 0 Å². The van der Waals surface area contributed by atoms with Gasteiger partial charge in [0, 0.05) is 55.7 Å². The van der Waals surface area contributed by atoms with Crippen molar-refractivity contribution in [3.63, 3.8) is 0 Å². The lowest BCUT2D eigenvalue weighted by Crippen LogP contribution is -2.37. The molecule has 1 aliphatic heterocycles. The van der Waals surface area contributed by atoms with E-state index in [1.165, 1.54) is 0 Å². The summed E-state index contributed by atoms with van der Waals surface area (Å²) in [6.07, 6.45) is 1.35. The molecule has 1 saturated heterocycles. The van der Waals surface area contributed by atoms with Crippen molar-refractivity contribution >= 4 is 5.82 Å². The molecule has 9 nitrogen and oxygen atoms in total. The Hall–Kier alpha value is -3.01. The molecule has 1 aromatic carbocycles. The lowest BCUT2D eigenvalue weighted by Gasteiger charge is -2.32. The number of ether oxygens (including phenoxy) is 2. The highest BCUT2D eigenvalue weighted by Gasteiger charge is 2.22. The number of hydrogen-bond donors (Lipinski definition) is 3. The van der Waals surface area contributed by atoms with Gasteiger partial charge in [-0.3, -0.25) is 5.10 Å². The summed E-state index contributed by atoms with van der Waals surface area (Å²) >= 11 is 0. The van der Waals surface area contributed by atoms with E-state index in [2.05, 4.69) is 27.5 Å². The van der Waals surface area contributed by atoms with Gasteiger partial charge in [-0.2, -0.15) is 5.10 Å². The van der Waals surface area contributed by atoms with E-state index in [0.717, 1.165) is 60.1 Å². The zero-order chi connectivity index (χ0) is 24.1. The van der Waals surface area contributed by atoms with Crippen molar-refractivity contribution in [2.75, 3.05) is 45.4 Å². The van der Waals surface area contributed by atoms with Gasteiger partial charge in [-0.05, 0) is 45.9 Å². The van der Waals surface area contributed by atoms with Crippen molar-refractivity contribution in [3.8, 4) is 28.4 Å². The van der Waals surface area contributed by atoms with E-state index in [1.807, 2.05) is 44.2 Å². The van der Waals surface area contributed by atoms with E-state index < -0.39 is 6.10 Å². The Balaban J connectivity index is 1.70. The minimum atomic E-state index is -0.583. The Morgan fingerprint density at radius 1 is 1.24 bits per heavy atom. The number of aromatic nitrogens is 4. The summed E-state index contributed by atoms with van der Waals surface area (Å²) in [5, 5.41) is 20.3. The summed E-state index contributed by atoms with van der Waals surface area (Å²) in [5.41, 5.74) is 4.55. The van der Waals surface area contributed by atoms with Crippen LogP contribution < -0.4 is 15.0 Å². The van der Waals surface area contributed by atoms with Crippen LogP contribution in [0.25, 0.3) is 22.6 Å². The van der Waals surface area contributed by atoms with Crippen molar-refractivity contribution < 1.29 is 14.6 Å². The van der Waals surface area contributed by atoms with E-state index in [-0.39, 0.29) is 6.61 Å². The van der Waals surface area contributed by atoms with E-state index in [1.54, 1.807) is 7.05 Å². The van der Waals surface area contributed by atoms with Gasteiger partial charge in [0.2, 0.25) is 0 Å². The van der Waals surface area contributed by atoms with Crippen LogP contribution in [-0.2, 0) is 4.74 Å². The predicted octanol–water partition coefficient (Wildman–Crippen LogP) is 2.72. The number of benzene rings is 1. The molecule has 1 aliphatic rings. The molecule has 0 aliphatic carbocycles. The Morgan fingerprint density at radius 3 is 2.74 bits per heavy atom. The van der Waals surface area contributed by atoms with Crippen LogP contribution in [0.1, 0.15) is 24.2 Å². The van der Waals surface area contributed by atoms with E-state index in [0.29, 0.717) is 24.2 Å². The second kappa shape index (κ2) is 10.9. The third-order valence-corrected chi connectivity index (χ3v) is 6.17. The number of likely N-dealkylation sites (N-methyl/N-ethyl adjacent to an activating group) is 1.